The first kappa shape index (κ1) is 20.6. The van der Waals surface area contributed by atoms with Gasteiger partial charge in [0.05, 0.1) is 15.6 Å². The molecule has 0 aliphatic carbocycles. The second kappa shape index (κ2) is 8.62. The van der Waals surface area contributed by atoms with E-state index >= 15 is 0 Å². The average Bonchev–Trinajstić information content (AvgIpc) is 3.43. The lowest BCUT2D eigenvalue weighted by atomic mass is 10.1. The minimum atomic E-state index is -0.543. The van der Waals surface area contributed by atoms with Crippen LogP contribution in [-0.2, 0) is 0 Å². The van der Waals surface area contributed by atoms with Crippen molar-refractivity contribution in [1.82, 2.24) is 20.2 Å². The van der Waals surface area contributed by atoms with Gasteiger partial charge < -0.3 is 10.6 Å². The van der Waals surface area contributed by atoms with Gasteiger partial charge in [0.2, 0.25) is 0 Å². The molecule has 31 heavy (non-hydrogen) atoms. The van der Waals surface area contributed by atoms with Crippen molar-refractivity contribution < 1.29 is 14.0 Å². The molecule has 0 unspecified atom stereocenters. The molecule has 11 heteroatoms. The van der Waals surface area contributed by atoms with Crippen LogP contribution in [0.15, 0.2) is 53.9 Å². The predicted molar refractivity (Wildman–Crippen MR) is 116 cm³/mol. The number of nitrogens with zero attached hydrogens (tertiary/aromatic N) is 4. The number of tetrazole rings is 1. The van der Waals surface area contributed by atoms with E-state index in [0.29, 0.717) is 27.1 Å². The third kappa shape index (κ3) is 4.44. The first-order valence-electron chi connectivity index (χ1n) is 8.93. The minimum absolute atomic E-state index is 0.0975. The standard InChI is InChI=1S/C20H14ClFN6O2S/c1-11-25-26-27-28(11)17-10-13(5-7-15(17)22)23-19(29)12-4-6-14(21)16(9-12)24-20(30)18-3-2-8-31-18/h2-10H,1H3,(H,23,29)(H,24,30). The zero-order chi connectivity index (χ0) is 22.0. The Morgan fingerprint density at radius 1 is 1.10 bits per heavy atom. The number of carbonyl (C=O) groups is 2. The fourth-order valence-electron chi connectivity index (χ4n) is 2.76. The number of amides is 2. The highest BCUT2D eigenvalue weighted by Crippen LogP contribution is 2.25. The normalized spacial score (nSPS) is 10.7. The lowest BCUT2D eigenvalue weighted by Crippen LogP contribution is -2.15. The molecule has 2 N–H and O–H groups in total. The Balaban J connectivity index is 1.55. The van der Waals surface area contributed by atoms with Gasteiger partial charge in [-0.1, -0.05) is 17.7 Å². The van der Waals surface area contributed by atoms with E-state index in [4.69, 9.17) is 11.6 Å². The Morgan fingerprint density at radius 3 is 2.65 bits per heavy atom. The van der Waals surface area contributed by atoms with E-state index in [-0.39, 0.29) is 17.2 Å². The fraction of sp³-hybridized carbons (Fsp3) is 0.0500. The van der Waals surface area contributed by atoms with Crippen molar-refractivity contribution in [3.8, 4) is 5.69 Å². The van der Waals surface area contributed by atoms with E-state index in [2.05, 4.69) is 26.2 Å². The fourth-order valence-corrected chi connectivity index (χ4v) is 3.55. The third-order valence-corrected chi connectivity index (χ3v) is 5.48. The number of rotatable bonds is 5. The smallest absolute Gasteiger partial charge is 0.265 e. The molecule has 0 atom stereocenters. The quantitative estimate of drug-likeness (QED) is 0.465. The van der Waals surface area contributed by atoms with Crippen molar-refractivity contribution in [3.05, 3.63) is 81.0 Å². The van der Waals surface area contributed by atoms with Crippen LogP contribution in [-0.4, -0.2) is 32.0 Å². The molecule has 2 aromatic carbocycles. The van der Waals surface area contributed by atoms with Crippen LogP contribution >= 0.6 is 22.9 Å². The Bertz CT molecular complexity index is 1270. The number of halogens is 2. The van der Waals surface area contributed by atoms with E-state index in [9.17, 15) is 14.0 Å². The molecule has 0 spiro atoms. The van der Waals surface area contributed by atoms with Crippen molar-refractivity contribution in [2.24, 2.45) is 0 Å². The number of aryl methyl sites for hydroxylation is 1. The molecule has 2 aromatic heterocycles. The van der Waals surface area contributed by atoms with E-state index in [0.717, 1.165) is 0 Å². The van der Waals surface area contributed by atoms with Crippen LogP contribution in [0.4, 0.5) is 15.8 Å². The summed E-state index contributed by atoms with van der Waals surface area (Å²) < 4.78 is 15.5. The van der Waals surface area contributed by atoms with Crippen molar-refractivity contribution in [1.29, 1.82) is 0 Å². The Hall–Kier alpha value is -3.63. The van der Waals surface area contributed by atoms with Crippen LogP contribution in [0.25, 0.3) is 5.69 Å². The molecule has 4 aromatic rings. The number of nitrogens with one attached hydrogen (secondary N) is 2. The van der Waals surface area contributed by atoms with E-state index in [1.165, 1.54) is 52.4 Å². The largest absolute Gasteiger partial charge is 0.322 e. The minimum Gasteiger partial charge on any atom is -0.322 e. The van der Waals surface area contributed by atoms with Crippen molar-refractivity contribution in [2.75, 3.05) is 10.6 Å². The molecule has 0 radical (unpaired) electrons. The summed E-state index contributed by atoms with van der Waals surface area (Å²) in [6.45, 7) is 1.63. The molecule has 4 rings (SSSR count). The molecule has 2 heterocycles. The summed E-state index contributed by atoms with van der Waals surface area (Å²) in [6.07, 6.45) is 0. The van der Waals surface area contributed by atoms with Crippen LogP contribution in [0.1, 0.15) is 25.9 Å². The summed E-state index contributed by atoms with van der Waals surface area (Å²) in [7, 11) is 0. The topological polar surface area (TPSA) is 102 Å². The number of aromatic nitrogens is 4. The maximum Gasteiger partial charge on any atom is 0.265 e. The lowest BCUT2D eigenvalue weighted by molar-refractivity contribution is 0.101. The number of hydrogen-bond acceptors (Lipinski definition) is 6. The number of thiophene rings is 1. The second-order valence-electron chi connectivity index (χ2n) is 6.38. The highest BCUT2D eigenvalue weighted by molar-refractivity contribution is 7.12. The summed E-state index contributed by atoms with van der Waals surface area (Å²) in [5, 5.41) is 18.4. The van der Waals surface area contributed by atoms with Crippen molar-refractivity contribution in [2.45, 2.75) is 6.92 Å². The van der Waals surface area contributed by atoms with Gasteiger partial charge >= 0.3 is 0 Å². The number of anilines is 2. The molecule has 156 valence electrons. The van der Waals surface area contributed by atoms with Gasteiger partial charge in [-0.2, -0.15) is 4.68 Å². The van der Waals surface area contributed by atoms with Gasteiger partial charge in [-0.05, 0) is 65.2 Å². The van der Waals surface area contributed by atoms with E-state index < -0.39 is 11.7 Å². The predicted octanol–water partition coefficient (Wildman–Crippen LogP) is 4.33. The first-order chi connectivity index (χ1) is 14.9. The molecule has 8 nitrogen and oxygen atoms in total. The zero-order valence-electron chi connectivity index (χ0n) is 16.0. The van der Waals surface area contributed by atoms with Crippen molar-refractivity contribution >= 4 is 46.1 Å². The van der Waals surface area contributed by atoms with Crippen LogP contribution in [0.5, 0.6) is 0 Å². The monoisotopic (exact) mass is 456 g/mol. The third-order valence-electron chi connectivity index (χ3n) is 4.28. The highest BCUT2D eigenvalue weighted by atomic mass is 35.5. The van der Waals surface area contributed by atoms with E-state index in [1.807, 2.05) is 0 Å². The SMILES string of the molecule is Cc1nnnn1-c1cc(NC(=O)c2ccc(Cl)c(NC(=O)c3cccs3)c2)ccc1F. The molecule has 0 fully saturated rings. The summed E-state index contributed by atoms with van der Waals surface area (Å²) >= 11 is 7.46. The lowest BCUT2D eigenvalue weighted by Gasteiger charge is -2.11. The van der Waals surface area contributed by atoms with Crippen LogP contribution in [0, 0.1) is 12.7 Å². The summed E-state index contributed by atoms with van der Waals surface area (Å²) in [6, 6.07) is 12.0. The summed E-state index contributed by atoms with van der Waals surface area (Å²) in [5.74, 6) is -0.937. The molecule has 0 saturated carbocycles. The first-order valence-corrected chi connectivity index (χ1v) is 10.2. The number of benzene rings is 2. The van der Waals surface area contributed by atoms with Crippen LogP contribution < -0.4 is 10.6 Å². The van der Waals surface area contributed by atoms with Gasteiger partial charge in [0, 0.05) is 11.3 Å². The van der Waals surface area contributed by atoms with Gasteiger partial charge in [-0.3, -0.25) is 9.59 Å². The van der Waals surface area contributed by atoms with Gasteiger partial charge in [-0.15, -0.1) is 16.4 Å². The Kier molecular flexibility index (Phi) is 5.74. The molecular formula is C20H14ClFN6O2S. The molecule has 0 aliphatic heterocycles. The highest BCUT2D eigenvalue weighted by Gasteiger charge is 2.15. The maximum atomic E-state index is 14.2. The summed E-state index contributed by atoms with van der Waals surface area (Å²) in [5.41, 5.74) is 1.00. The Morgan fingerprint density at radius 2 is 1.94 bits per heavy atom. The van der Waals surface area contributed by atoms with Gasteiger partial charge in [-0.25, -0.2) is 4.39 Å². The van der Waals surface area contributed by atoms with Gasteiger partial charge in [0.15, 0.2) is 5.82 Å². The molecule has 0 aliphatic rings. The van der Waals surface area contributed by atoms with Gasteiger partial charge in [0.1, 0.15) is 11.5 Å². The molecule has 0 bridgehead atoms. The summed E-state index contributed by atoms with van der Waals surface area (Å²) in [4.78, 5) is 25.5. The van der Waals surface area contributed by atoms with Crippen LogP contribution in [0.3, 0.4) is 0 Å². The number of hydrogen-bond donors (Lipinski definition) is 2. The van der Waals surface area contributed by atoms with Gasteiger partial charge in [0.25, 0.3) is 11.8 Å². The van der Waals surface area contributed by atoms with Crippen molar-refractivity contribution in [3.63, 3.8) is 0 Å². The Labute approximate surface area is 184 Å². The zero-order valence-corrected chi connectivity index (χ0v) is 17.5. The second-order valence-corrected chi connectivity index (χ2v) is 7.74. The number of carbonyl (C=O) groups excluding carboxylic acids is 2. The molecule has 0 saturated heterocycles. The van der Waals surface area contributed by atoms with Crippen LogP contribution in [0.2, 0.25) is 5.02 Å². The maximum absolute atomic E-state index is 14.2. The average molecular weight is 457 g/mol. The molecule has 2 amide bonds. The molecular weight excluding hydrogens is 443 g/mol. The van der Waals surface area contributed by atoms with E-state index in [1.54, 1.807) is 24.4 Å².